The van der Waals surface area contributed by atoms with Crippen LogP contribution in [0.25, 0.3) is 0 Å². The second kappa shape index (κ2) is 7.86. The molecule has 0 rings (SSSR count). The minimum atomic E-state index is -0.249. The monoisotopic (exact) mass is 188 g/mol. The van der Waals surface area contributed by atoms with Gasteiger partial charge in [-0.05, 0) is 19.9 Å². The van der Waals surface area contributed by atoms with Gasteiger partial charge < -0.3 is 15.0 Å². The molecule has 0 bridgehead atoms. The fourth-order valence-electron chi connectivity index (χ4n) is 0.752. The van der Waals surface area contributed by atoms with Crippen molar-refractivity contribution in [2.24, 2.45) is 0 Å². The minimum Gasteiger partial charge on any atom is -0.448 e. The zero-order valence-electron chi connectivity index (χ0n) is 8.80. The minimum absolute atomic E-state index is 0.249. The maximum absolute atomic E-state index is 11.1. The second-order valence-electron chi connectivity index (χ2n) is 2.88. The van der Waals surface area contributed by atoms with Crippen LogP contribution in [-0.2, 0) is 4.74 Å². The SMILES string of the molecule is CCCNCCOC(=O)N(C)CC. The summed E-state index contributed by atoms with van der Waals surface area (Å²) in [4.78, 5) is 12.6. The highest BCUT2D eigenvalue weighted by Gasteiger charge is 2.05. The number of nitrogens with one attached hydrogen (secondary N) is 1. The normalized spacial score (nSPS) is 9.77. The molecule has 13 heavy (non-hydrogen) atoms. The lowest BCUT2D eigenvalue weighted by Crippen LogP contribution is -2.30. The quantitative estimate of drug-likeness (QED) is 0.634. The van der Waals surface area contributed by atoms with E-state index < -0.39 is 0 Å². The lowest BCUT2D eigenvalue weighted by atomic mass is 10.5. The van der Waals surface area contributed by atoms with Gasteiger partial charge in [0.15, 0.2) is 0 Å². The molecule has 0 unspecified atom stereocenters. The van der Waals surface area contributed by atoms with Crippen LogP contribution in [0.15, 0.2) is 0 Å². The van der Waals surface area contributed by atoms with Gasteiger partial charge in [0.1, 0.15) is 6.61 Å². The molecule has 1 N–H and O–H groups in total. The van der Waals surface area contributed by atoms with Crippen LogP contribution in [0.3, 0.4) is 0 Å². The Bertz CT molecular complexity index is 140. The first-order valence-electron chi connectivity index (χ1n) is 4.81. The molecule has 0 radical (unpaired) electrons. The van der Waals surface area contributed by atoms with Crippen molar-refractivity contribution in [3.05, 3.63) is 0 Å². The average molecular weight is 188 g/mol. The van der Waals surface area contributed by atoms with Gasteiger partial charge in [-0.25, -0.2) is 4.79 Å². The van der Waals surface area contributed by atoms with Crippen LogP contribution in [0.1, 0.15) is 20.3 Å². The van der Waals surface area contributed by atoms with Gasteiger partial charge in [-0.1, -0.05) is 6.92 Å². The maximum Gasteiger partial charge on any atom is 0.409 e. The predicted octanol–water partition coefficient (Wildman–Crippen LogP) is 1.07. The van der Waals surface area contributed by atoms with E-state index >= 15 is 0 Å². The Morgan fingerprint density at radius 2 is 2.08 bits per heavy atom. The number of hydrogen-bond donors (Lipinski definition) is 1. The largest absolute Gasteiger partial charge is 0.448 e. The number of amides is 1. The third-order valence-electron chi connectivity index (χ3n) is 1.72. The highest BCUT2D eigenvalue weighted by Crippen LogP contribution is 1.87. The van der Waals surface area contributed by atoms with Gasteiger partial charge >= 0.3 is 6.09 Å². The van der Waals surface area contributed by atoms with Crippen molar-refractivity contribution in [3.8, 4) is 0 Å². The Labute approximate surface area is 80.2 Å². The first kappa shape index (κ1) is 12.2. The molecule has 0 spiro atoms. The van der Waals surface area contributed by atoms with E-state index in [2.05, 4.69) is 12.2 Å². The maximum atomic E-state index is 11.1. The van der Waals surface area contributed by atoms with E-state index in [-0.39, 0.29) is 6.09 Å². The van der Waals surface area contributed by atoms with Crippen LogP contribution < -0.4 is 5.32 Å². The fraction of sp³-hybridized carbons (Fsp3) is 0.889. The average Bonchev–Trinajstić information content (AvgIpc) is 2.16. The molecule has 0 aromatic heterocycles. The summed E-state index contributed by atoms with van der Waals surface area (Å²) in [7, 11) is 1.72. The standard InChI is InChI=1S/C9H20N2O2/c1-4-6-10-7-8-13-9(12)11(3)5-2/h10H,4-8H2,1-3H3. The summed E-state index contributed by atoms with van der Waals surface area (Å²) in [5, 5.41) is 3.15. The number of carbonyl (C=O) groups excluding carboxylic acids is 1. The van der Waals surface area contributed by atoms with E-state index in [9.17, 15) is 4.79 Å². The van der Waals surface area contributed by atoms with Crippen LogP contribution in [0, 0.1) is 0 Å². The highest BCUT2D eigenvalue weighted by atomic mass is 16.6. The Kier molecular flexibility index (Phi) is 7.39. The van der Waals surface area contributed by atoms with Gasteiger partial charge in [-0.15, -0.1) is 0 Å². The fourth-order valence-corrected chi connectivity index (χ4v) is 0.752. The summed E-state index contributed by atoms with van der Waals surface area (Å²) >= 11 is 0. The van der Waals surface area contributed by atoms with Gasteiger partial charge in [-0.2, -0.15) is 0 Å². The molecule has 0 atom stereocenters. The summed E-state index contributed by atoms with van der Waals surface area (Å²) in [6, 6.07) is 0. The third-order valence-corrected chi connectivity index (χ3v) is 1.72. The summed E-state index contributed by atoms with van der Waals surface area (Å²) in [5.74, 6) is 0. The summed E-state index contributed by atoms with van der Waals surface area (Å²) in [6.07, 6.45) is 0.851. The van der Waals surface area contributed by atoms with E-state index in [1.807, 2.05) is 6.92 Å². The second-order valence-corrected chi connectivity index (χ2v) is 2.88. The molecule has 1 amide bonds. The number of ether oxygens (including phenoxy) is 1. The van der Waals surface area contributed by atoms with Crippen LogP contribution in [0.5, 0.6) is 0 Å². The number of rotatable bonds is 6. The Morgan fingerprint density at radius 1 is 1.38 bits per heavy atom. The third kappa shape index (κ3) is 6.40. The molecule has 0 saturated carbocycles. The van der Waals surface area contributed by atoms with Gasteiger partial charge in [0.05, 0.1) is 0 Å². The van der Waals surface area contributed by atoms with Gasteiger partial charge in [-0.3, -0.25) is 0 Å². The van der Waals surface area contributed by atoms with E-state index in [4.69, 9.17) is 4.74 Å². The van der Waals surface area contributed by atoms with Crippen LogP contribution >= 0.6 is 0 Å². The number of carbonyl (C=O) groups is 1. The molecule has 78 valence electrons. The predicted molar refractivity (Wildman–Crippen MR) is 52.8 cm³/mol. The van der Waals surface area contributed by atoms with E-state index in [0.717, 1.165) is 19.5 Å². The molecule has 0 aliphatic heterocycles. The van der Waals surface area contributed by atoms with Crippen LogP contribution in [-0.4, -0.2) is 44.3 Å². The van der Waals surface area contributed by atoms with Crippen molar-refractivity contribution in [2.45, 2.75) is 20.3 Å². The van der Waals surface area contributed by atoms with Crippen molar-refractivity contribution < 1.29 is 9.53 Å². The number of nitrogens with zero attached hydrogens (tertiary/aromatic N) is 1. The molecule has 0 fully saturated rings. The molecule has 0 saturated heterocycles. The van der Waals surface area contributed by atoms with Crippen molar-refractivity contribution in [3.63, 3.8) is 0 Å². The Morgan fingerprint density at radius 3 is 2.62 bits per heavy atom. The molecule has 0 aliphatic carbocycles. The Hall–Kier alpha value is -0.770. The molecule has 0 aliphatic rings. The van der Waals surface area contributed by atoms with E-state index in [0.29, 0.717) is 13.2 Å². The number of hydrogen-bond acceptors (Lipinski definition) is 3. The summed E-state index contributed by atoms with van der Waals surface area (Å²) in [6.45, 7) is 6.85. The van der Waals surface area contributed by atoms with Gasteiger partial charge in [0, 0.05) is 20.1 Å². The lowest BCUT2D eigenvalue weighted by molar-refractivity contribution is 0.113. The summed E-state index contributed by atoms with van der Waals surface area (Å²) in [5.41, 5.74) is 0. The molecule has 0 aromatic rings. The first-order valence-corrected chi connectivity index (χ1v) is 4.81. The molecular weight excluding hydrogens is 168 g/mol. The topological polar surface area (TPSA) is 41.6 Å². The van der Waals surface area contributed by atoms with E-state index in [1.165, 1.54) is 0 Å². The molecule has 0 heterocycles. The van der Waals surface area contributed by atoms with Crippen molar-refractivity contribution >= 4 is 6.09 Å². The van der Waals surface area contributed by atoms with E-state index in [1.54, 1.807) is 11.9 Å². The smallest absolute Gasteiger partial charge is 0.409 e. The highest BCUT2D eigenvalue weighted by molar-refractivity contribution is 5.67. The first-order chi connectivity index (χ1) is 6.22. The lowest BCUT2D eigenvalue weighted by Gasteiger charge is -2.14. The van der Waals surface area contributed by atoms with Crippen LogP contribution in [0.2, 0.25) is 0 Å². The Balaban J connectivity index is 3.27. The van der Waals surface area contributed by atoms with Crippen molar-refractivity contribution in [1.82, 2.24) is 10.2 Å². The van der Waals surface area contributed by atoms with Gasteiger partial charge in [0.2, 0.25) is 0 Å². The zero-order valence-corrected chi connectivity index (χ0v) is 8.80. The summed E-state index contributed by atoms with van der Waals surface area (Å²) < 4.78 is 4.97. The van der Waals surface area contributed by atoms with Crippen LogP contribution in [0.4, 0.5) is 4.79 Å². The zero-order chi connectivity index (χ0) is 10.1. The molecular formula is C9H20N2O2. The van der Waals surface area contributed by atoms with Gasteiger partial charge in [0.25, 0.3) is 0 Å². The van der Waals surface area contributed by atoms with Crippen molar-refractivity contribution in [2.75, 3.05) is 33.3 Å². The molecule has 4 nitrogen and oxygen atoms in total. The molecule has 0 aromatic carbocycles. The molecule has 4 heteroatoms. The van der Waals surface area contributed by atoms with Crippen molar-refractivity contribution in [1.29, 1.82) is 0 Å².